The predicted octanol–water partition coefficient (Wildman–Crippen LogP) is 5.43. The van der Waals surface area contributed by atoms with E-state index in [0.29, 0.717) is 22.0 Å². The Morgan fingerprint density at radius 2 is 2.10 bits per heavy atom. The average molecular weight is 447 g/mol. The highest BCUT2D eigenvalue weighted by Crippen LogP contribution is 2.36. The van der Waals surface area contributed by atoms with Gasteiger partial charge < -0.3 is 14.2 Å². The summed E-state index contributed by atoms with van der Waals surface area (Å²) in [6.45, 7) is 6.45. The van der Waals surface area contributed by atoms with Gasteiger partial charge in [0.2, 0.25) is 0 Å². The standard InChI is InChI=1S/C22H24Cl2N4O2/c1-22(2,3)30-19(29)11-14-5-4-9-28(14)18-12-17(27-10-8-25-13-27)15-6-7-16(23)20(24)21(15)26-18/h6-8,10,12-14H,4-5,9,11H2,1-3H3/t14-/m0/s1. The van der Waals surface area contributed by atoms with Crippen LogP contribution in [0.5, 0.6) is 0 Å². The number of rotatable bonds is 4. The minimum Gasteiger partial charge on any atom is -0.460 e. The third-order valence-corrected chi connectivity index (χ3v) is 5.91. The van der Waals surface area contributed by atoms with Crippen molar-refractivity contribution in [3.05, 3.63) is 47.0 Å². The molecule has 3 aromatic rings. The van der Waals surface area contributed by atoms with Crippen molar-refractivity contribution in [2.24, 2.45) is 0 Å². The van der Waals surface area contributed by atoms with E-state index in [1.54, 1.807) is 18.6 Å². The van der Waals surface area contributed by atoms with Crippen molar-refractivity contribution in [3.63, 3.8) is 0 Å². The van der Waals surface area contributed by atoms with Gasteiger partial charge in [0.15, 0.2) is 0 Å². The SMILES string of the molecule is CC(C)(C)OC(=O)C[C@@H]1CCCN1c1cc(-n2ccnc2)c2ccc(Cl)c(Cl)c2n1. The van der Waals surface area contributed by atoms with E-state index in [0.717, 1.165) is 36.3 Å². The molecule has 0 saturated carbocycles. The number of imidazole rings is 1. The van der Waals surface area contributed by atoms with Gasteiger partial charge >= 0.3 is 5.97 Å². The zero-order valence-electron chi connectivity index (χ0n) is 17.2. The van der Waals surface area contributed by atoms with Crippen molar-refractivity contribution in [2.45, 2.75) is 51.7 Å². The summed E-state index contributed by atoms with van der Waals surface area (Å²) >= 11 is 12.8. The molecule has 1 aliphatic heterocycles. The van der Waals surface area contributed by atoms with Crippen molar-refractivity contribution < 1.29 is 9.53 Å². The maximum atomic E-state index is 12.4. The van der Waals surface area contributed by atoms with Crippen LogP contribution in [0.25, 0.3) is 16.6 Å². The van der Waals surface area contributed by atoms with Gasteiger partial charge in [-0.05, 0) is 45.7 Å². The molecule has 0 N–H and O–H groups in total. The molecular weight excluding hydrogens is 423 g/mol. The summed E-state index contributed by atoms with van der Waals surface area (Å²) < 4.78 is 7.46. The van der Waals surface area contributed by atoms with Gasteiger partial charge in [0.25, 0.3) is 0 Å². The molecule has 4 rings (SSSR count). The van der Waals surface area contributed by atoms with E-state index in [1.807, 2.05) is 43.7 Å². The smallest absolute Gasteiger partial charge is 0.308 e. The molecule has 8 heteroatoms. The van der Waals surface area contributed by atoms with E-state index in [4.69, 9.17) is 32.9 Å². The predicted molar refractivity (Wildman–Crippen MR) is 120 cm³/mol. The fourth-order valence-electron chi connectivity index (χ4n) is 3.89. The van der Waals surface area contributed by atoms with E-state index in [2.05, 4.69) is 9.88 Å². The van der Waals surface area contributed by atoms with Gasteiger partial charge in [-0.3, -0.25) is 4.79 Å². The number of nitrogens with zero attached hydrogens (tertiary/aromatic N) is 4. The highest BCUT2D eigenvalue weighted by molar-refractivity contribution is 6.45. The number of anilines is 1. The zero-order chi connectivity index (χ0) is 21.5. The molecule has 1 aromatic carbocycles. The molecule has 1 saturated heterocycles. The van der Waals surface area contributed by atoms with E-state index in [1.165, 1.54) is 0 Å². The lowest BCUT2D eigenvalue weighted by Gasteiger charge is -2.28. The molecule has 0 aliphatic carbocycles. The summed E-state index contributed by atoms with van der Waals surface area (Å²) in [4.78, 5) is 23.6. The minimum absolute atomic E-state index is 0.0263. The van der Waals surface area contributed by atoms with Crippen LogP contribution in [0.3, 0.4) is 0 Å². The number of benzene rings is 1. The molecule has 6 nitrogen and oxygen atoms in total. The number of hydrogen-bond acceptors (Lipinski definition) is 5. The van der Waals surface area contributed by atoms with E-state index >= 15 is 0 Å². The van der Waals surface area contributed by atoms with E-state index < -0.39 is 5.60 Å². The number of pyridine rings is 1. The number of esters is 1. The summed E-state index contributed by atoms with van der Waals surface area (Å²) in [7, 11) is 0. The number of fused-ring (bicyclic) bond motifs is 1. The van der Waals surface area contributed by atoms with Gasteiger partial charge in [0.1, 0.15) is 11.4 Å². The fourth-order valence-corrected chi connectivity index (χ4v) is 4.25. The van der Waals surface area contributed by atoms with Crippen LogP contribution in [0.4, 0.5) is 5.82 Å². The van der Waals surface area contributed by atoms with Crippen LogP contribution >= 0.6 is 23.2 Å². The number of halogens is 2. The Balaban J connectivity index is 1.74. The maximum absolute atomic E-state index is 12.4. The number of hydrogen-bond donors (Lipinski definition) is 0. The van der Waals surface area contributed by atoms with Gasteiger partial charge in [-0.25, -0.2) is 9.97 Å². The van der Waals surface area contributed by atoms with Crippen LogP contribution in [0.1, 0.15) is 40.0 Å². The van der Waals surface area contributed by atoms with Crippen LogP contribution in [0.15, 0.2) is 36.9 Å². The van der Waals surface area contributed by atoms with Crippen LogP contribution in [0.2, 0.25) is 10.0 Å². The van der Waals surface area contributed by atoms with E-state index in [-0.39, 0.29) is 12.0 Å². The normalized spacial score (nSPS) is 17.0. The summed E-state index contributed by atoms with van der Waals surface area (Å²) in [6, 6.07) is 5.73. The summed E-state index contributed by atoms with van der Waals surface area (Å²) in [5, 5.41) is 1.76. The fraction of sp³-hybridized carbons (Fsp3) is 0.409. The van der Waals surface area contributed by atoms with E-state index in [9.17, 15) is 4.79 Å². The maximum Gasteiger partial charge on any atom is 0.308 e. The van der Waals surface area contributed by atoms with Crippen LogP contribution in [-0.4, -0.2) is 38.7 Å². The van der Waals surface area contributed by atoms with Gasteiger partial charge in [-0.15, -0.1) is 0 Å². The number of ether oxygens (including phenoxy) is 1. The number of carbonyl (C=O) groups excluding carboxylic acids is 1. The molecule has 158 valence electrons. The quantitative estimate of drug-likeness (QED) is 0.500. The second-order valence-electron chi connectivity index (χ2n) is 8.51. The molecule has 30 heavy (non-hydrogen) atoms. The molecular formula is C22H24Cl2N4O2. The lowest BCUT2D eigenvalue weighted by molar-refractivity contribution is -0.155. The summed E-state index contributed by atoms with van der Waals surface area (Å²) in [5.41, 5.74) is 1.04. The van der Waals surface area contributed by atoms with Gasteiger partial charge in [-0.1, -0.05) is 23.2 Å². The number of aromatic nitrogens is 3. The lowest BCUT2D eigenvalue weighted by Crippen LogP contribution is -2.34. The highest BCUT2D eigenvalue weighted by atomic mass is 35.5. The van der Waals surface area contributed by atoms with Crippen molar-refractivity contribution in [3.8, 4) is 5.69 Å². The Kier molecular flexibility index (Phi) is 5.64. The molecule has 3 heterocycles. The Morgan fingerprint density at radius 3 is 2.80 bits per heavy atom. The Labute approximate surface area is 185 Å². The van der Waals surface area contributed by atoms with Crippen LogP contribution in [0, 0.1) is 0 Å². The summed E-state index contributed by atoms with van der Waals surface area (Å²) in [5.74, 6) is 0.567. The lowest BCUT2D eigenvalue weighted by atomic mass is 10.1. The molecule has 0 radical (unpaired) electrons. The van der Waals surface area contributed by atoms with Crippen LogP contribution < -0.4 is 4.90 Å². The Hall–Kier alpha value is -2.31. The van der Waals surface area contributed by atoms with Gasteiger partial charge in [0.05, 0.1) is 34.0 Å². The van der Waals surface area contributed by atoms with Crippen molar-refractivity contribution in [2.75, 3.05) is 11.4 Å². The molecule has 0 amide bonds. The molecule has 2 aromatic heterocycles. The Bertz CT molecular complexity index is 1080. The molecule has 0 bridgehead atoms. The molecule has 1 atom stereocenters. The first-order valence-electron chi connectivity index (χ1n) is 9.98. The molecule has 0 unspecified atom stereocenters. The van der Waals surface area contributed by atoms with Crippen LogP contribution in [-0.2, 0) is 9.53 Å². The largest absolute Gasteiger partial charge is 0.460 e. The third-order valence-electron chi connectivity index (χ3n) is 5.11. The highest BCUT2D eigenvalue weighted by Gasteiger charge is 2.30. The second kappa shape index (κ2) is 8.08. The minimum atomic E-state index is -0.499. The first-order chi connectivity index (χ1) is 14.2. The van der Waals surface area contributed by atoms with Gasteiger partial charge in [-0.2, -0.15) is 0 Å². The van der Waals surface area contributed by atoms with Crippen molar-refractivity contribution in [1.82, 2.24) is 14.5 Å². The van der Waals surface area contributed by atoms with Gasteiger partial charge in [0, 0.05) is 36.4 Å². The molecule has 0 spiro atoms. The zero-order valence-corrected chi connectivity index (χ0v) is 18.7. The van der Waals surface area contributed by atoms with Crippen molar-refractivity contribution >= 4 is 45.9 Å². The van der Waals surface area contributed by atoms with Crippen molar-refractivity contribution in [1.29, 1.82) is 0 Å². The third kappa shape index (κ3) is 4.25. The monoisotopic (exact) mass is 446 g/mol. The number of carbonyl (C=O) groups is 1. The summed E-state index contributed by atoms with van der Waals surface area (Å²) in [6.07, 6.45) is 7.55. The average Bonchev–Trinajstić information content (AvgIpc) is 3.34. The molecule has 1 aliphatic rings. The first-order valence-corrected chi connectivity index (χ1v) is 10.7. The molecule has 1 fully saturated rings. The topological polar surface area (TPSA) is 60.2 Å². The second-order valence-corrected chi connectivity index (χ2v) is 9.29. The first kappa shape index (κ1) is 20.9. The Morgan fingerprint density at radius 1 is 1.30 bits per heavy atom.